The van der Waals surface area contributed by atoms with Gasteiger partial charge < -0.3 is 9.97 Å². The Morgan fingerprint density at radius 1 is 1.50 bits per heavy atom. The van der Waals surface area contributed by atoms with Gasteiger partial charge in [0.25, 0.3) is 0 Å². The Morgan fingerprint density at radius 3 is 2.81 bits per heavy atom. The number of halogens is 1. The largest absolute Gasteiger partial charge is 0.334 e. The van der Waals surface area contributed by atoms with Gasteiger partial charge in [-0.1, -0.05) is 11.6 Å². The van der Waals surface area contributed by atoms with Crippen molar-refractivity contribution in [3.05, 3.63) is 45.2 Å². The summed E-state index contributed by atoms with van der Waals surface area (Å²) < 4.78 is 0.417. The Kier molecular flexibility index (Phi) is 2.89. The predicted molar refractivity (Wildman–Crippen MR) is 63.4 cm³/mol. The number of pyridine rings is 1. The minimum Gasteiger partial charge on any atom is -0.334 e. The highest BCUT2D eigenvalue weighted by atomic mass is 35.5. The summed E-state index contributed by atoms with van der Waals surface area (Å²) in [6.45, 7) is 1.77. The van der Waals surface area contributed by atoms with Gasteiger partial charge in [0, 0.05) is 11.9 Å². The maximum absolute atomic E-state index is 12.1. The van der Waals surface area contributed by atoms with Crippen molar-refractivity contribution >= 4 is 29.6 Å². The molecule has 2 heterocycles. The van der Waals surface area contributed by atoms with E-state index in [0.29, 0.717) is 21.7 Å². The number of nitrogens with zero attached hydrogens (tertiary/aromatic N) is 1. The van der Waals surface area contributed by atoms with Crippen molar-refractivity contribution in [2.24, 2.45) is 0 Å². The van der Waals surface area contributed by atoms with Gasteiger partial charge in [0.05, 0.1) is 5.56 Å². The molecule has 0 bridgehead atoms. The molecule has 0 spiro atoms. The summed E-state index contributed by atoms with van der Waals surface area (Å²) in [6, 6.07) is 3.29. The molecule has 0 fully saturated rings. The lowest BCUT2D eigenvalue weighted by Gasteiger charge is -2.00. The van der Waals surface area contributed by atoms with E-state index < -0.39 is 0 Å². The van der Waals surface area contributed by atoms with E-state index >= 15 is 0 Å². The second-order valence-corrected chi connectivity index (χ2v) is 4.02. The molecule has 82 valence electrons. The zero-order valence-electron chi connectivity index (χ0n) is 8.37. The molecule has 0 amide bonds. The third kappa shape index (κ3) is 1.91. The molecule has 0 aliphatic heterocycles. The van der Waals surface area contributed by atoms with Crippen molar-refractivity contribution in [2.45, 2.75) is 6.92 Å². The monoisotopic (exact) mass is 253 g/mol. The number of H-pyrrole nitrogens is 2. The fourth-order valence-electron chi connectivity index (χ4n) is 1.39. The van der Waals surface area contributed by atoms with Gasteiger partial charge in [-0.3, -0.25) is 4.79 Å². The van der Waals surface area contributed by atoms with Crippen LogP contribution in [0.2, 0.25) is 5.15 Å². The van der Waals surface area contributed by atoms with Crippen LogP contribution in [-0.2, 0) is 0 Å². The summed E-state index contributed by atoms with van der Waals surface area (Å²) in [5.41, 5.74) is 1.47. The third-order valence-corrected chi connectivity index (χ3v) is 2.65. The van der Waals surface area contributed by atoms with Gasteiger partial charge in [-0.2, -0.15) is 0 Å². The van der Waals surface area contributed by atoms with E-state index in [4.69, 9.17) is 23.8 Å². The second-order valence-electron chi connectivity index (χ2n) is 3.25. The summed E-state index contributed by atoms with van der Waals surface area (Å²) in [5, 5.41) is 0.187. The van der Waals surface area contributed by atoms with Gasteiger partial charge in [-0.25, -0.2) is 4.98 Å². The molecular formula is C10H8ClN3OS. The average molecular weight is 254 g/mol. The number of aryl methyl sites for hydroxylation is 1. The highest BCUT2D eigenvalue weighted by molar-refractivity contribution is 7.71. The van der Waals surface area contributed by atoms with Crippen LogP contribution in [0.4, 0.5) is 0 Å². The number of imidazole rings is 1. The van der Waals surface area contributed by atoms with Crippen molar-refractivity contribution in [1.29, 1.82) is 0 Å². The zero-order valence-corrected chi connectivity index (χ0v) is 9.95. The van der Waals surface area contributed by atoms with Gasteiger partial charge in [-0.05, 0) is 31.3 Å². The van der Waals surface area contributed by atoms with Gasteiger partial charge in [0.2, 0.25) is 5.78 Å². The normalized spacial score (nSPS) is 10.4. The Labute approximate surface area is 102 Å². The van der Waals surface area contributed by atoms with Gasteiger partial charge in [0.15, 0.2) is 4.77 Å². The van der Waals surface area contributed by atoms with E-state index in [1.807, 2.05) is 0 Å². The molecule has 0 aliphatic rings. The number of carbonyl (C=O) groups excluding carboxylic acids is 1. The van der Waals surface area contributed by atoms with E-state index in [9.17, 15) is 4.79 Å². The van der Waals surface area contributed by atoms with E-state index in [1.165, 1.54) is 6.20 Å². The van der Waals surface area contributed by atoms with Crippen molar-refractivity contribution in [1.82, 2.24) is 15.0 Å². The summed E-state index contributed by atoms with van der Waals surface area (Å²) in [5.74, 6) is -0.219. The average Bonchev–Trinajstić information content (AvgIpc) is 2.58. The standard InChI is InChI=1S/C10H8ClN3OS/c1-5-7(14-10(16)13-5)8(15)6-3-2-4-12-9(6)11/h2-4H,1H3,(H2,13,14,16). The number of aromatic amines is 2. The molecule has 2 aromatic rings. The quantitative estimate of drug-likeness (QED) is 0.491. The van der Waals surface area contributed by atoms with Crippen molar-refractivity contribution in [3.63, 3.8) is 0 Å². The summed E-state index contributed by atoms with van der Waals surface area (Å²) in [7, 11) is 0. The molecule has 2 N–H and O–H groups in total. The number of nitrogens with one attached hydrogen (secondary N) is 2. The fraction of sp³-hybridized carbons (Fsp3) is 0.100. The fourth-order valence-corrected chi connectivity index (χ4v) is 1.85. The van der Waals surface area contributed by atoms with Crippen molar-refractivity contribution < 1.29 is 4.79 Å². The van der Waals surface area contributed by atoms with E-state index in [0.717, 1.165) is 0 Å². The maximum Gasteiger partial charge on any atom is 0.214 e. The lowest BCUT2D eigenvalue weighted by molar-refractivity contribution is 0.103. The minimum atomic E-state index is -0.219. The van der Waals surface area contributed by atoms with Crippen LogP contribution in [0.25, 0.3) is 0 Å². The van der Waals surface area contributed by atoms with Crippen LogP contribution in [0.1, 0.15) is 21.7 Å². The molecule has 0 atom stereocenters. The Morgan fingerprint density at radius 2 is 2.25 bits per heavy atom. The molecular weight excluding hydrogens is 246 g/mol. The molecule has 16 heavy (non-hydrogen) atoms. The first kappa shape index (κ1) is 11.0. The van der Waals surface area contributed by atoms with Crippen LogP contribution in [0.5, 0.6) is 0 Å². The third-order valence-electron chi connectivity index (χ3n) is 2.15. The SMILES string of the molecule is Cc1[nH]c(=S)[nH]c1C(=O)c1cccnc1Cl. The molecule has 4 nitrogen and oxygen atoms in total. The number of ketones is 1. The van der Waals surface area contributed by atoms with Crippen molar-refractivity contribution in [3.8, 4) is 0 Å². The molecule has 6 heteroatoms. The first-order valence-electron chi connectivity index (χ1n) is 4.53. The van der Waals surface area contributed by atoms with Crippen LogP contribution < -0.4 is 0 Å². The molecule has 2 aromatic heterocycles. The molecule has 2 rings (SSSR count). The smallest absolute Gasteiger partial charge is 0.214 e. The van der Waals surface area contributed by atoms with Gasteiger partial charge in [0.1, 0.15) is 10.8 Å². The Hall–Kier alpha value is -1.46. The molecule has 0 saturated heterocycles. The number of rotatable bonds is 2. The molecule has 0 unspecified atom stereocenters. The highest BCUT2D eigenvalue weighted by Gasteiger charge is 2.16. The first-order chi connectivity index (χ1) is 7.59. The van der Waals surface area contributed by atoms with Gasteiger partial charge in [-0.15, -0.1) is 0 Å². The Balaban J connectivity index is 2.51. The second kappa shape index (κ2) is 4.19. The van der Waals surface area contributed by atoms with E-state index in [-0.39, 0.29) is 10.9 Å². The van der Waals surface area contributed by atoms with Crippen LogP contribution in [0, 0.1) is 11.7 Å². The topological polar surface area (TPSA) is 61.5 Å². The number of hydrogen-bond acceptors (Lipinski definition) is 3. The molecule has 0 aromatic carbocycles. The maximum atomic E-state index is 12.1. The molecule has 0 aliphatic carbocycles. The van der Waals surface area contributed by atoms with E-state index in [1.54, 1.807) is 19.1 Å². The summed E-state index contributed by atoms with van der Waals surface area (Å²) >= 11 is 10.8. The van der Waals surface area contributed by atoms with Crippen LogP contribution in [0.3, 0.4) is 0 Å². The Bertz CT molecular complexity index is 602. The van der Waals surface area contributed by atoms with Crippen LogP contribution >= 0.6 is 23.8 Å². The summed E-state index contributed by atoms with van der Waals surface area (Å²) in [6.07, 6.45) is 1.53. The minimum absolute atomic E-state index is 0.187. The number of aromatic nitrogens is 3. The van der Waals surface area contributed by atoms with Crippen LogP contribution in [0.15, 0.2) is 18.3 Å². The number of hydrogen-bond donors (Lipinski definition) is 2. The van der Waals surface area contributed by atoms with E-state index in [2.05, 4.69) is 15.0 Å². The van der Waals surface area contributed by atoms with Crippen LogP contribution in [-0.4, -0.2) is 20.7 Å². The van der Waals surface area contributed by atoms with Crippen molar-refractivity contribution in [2.75, 3.05) is 0 Å². The lowest BCUT2D eigenvalue weighted by atomic mass is 10.1. The molecule has 0 radical (unpaired) electrons. The molecule has 0 saturated carbocycles. The van der Waals surface area contributed by atoms with Gasteiger partial charge >= 0.3 is 0 Å². The number of carbonyl (C=O) groups is 1. The summed E-state index contributed by atoms with van der Waals surface area (Å²) in [4.78, 5) is 21.6. The lowest BCUT2D eigenvalue weighted by Crippen LogP contribution is -2.05. The highest BCUT2D eigenvalue weighted by Crippen LogP contribution is 2.17. The predicted octanol–water partition coefficient (Wildman–Crippen LogP) is 2.66. The zero-order chi connectivity index (χ0) is 11.7. The first-order valence-corrected chi connectivity index (χ1v) is 5.32.